The predicted molar refractivity (Wildman–Crippen MR) is 172 cm³/mol. The van der Waals surface area contributed by atoms with E-state index in [2.05, 4.69) is 26.9 Å². The SMILES string of the molecule is Cc1nc2ccccc2nc1N1CCN(c2ccc(OC[C@@H]3CO[C@@](Cn4ccnc4)(c4ccc(Cl)cc4Cl)O3)cc2)CC1. The summed E-state index contributed by atoms with van der Waals surface area (Å²) in [4.78, 5) is 18.5. The lowest BCUT2D eigenvalue weighted by Gasteiger charge is -2.37. The molecule has 2 saturated heterocycles. The van der Waals surface area contributed by atoms with Crippen molar-refractivity contribution in [3.63, 3.8) is 0 Å². The van der Waals surface area contributed by atoms with Gasteiger partial charge in [0.25, 0.3) is 0 Å². The van der Waals surface area contributed by atoms with E-state index < -0.39 is 5.79 Å². The Labute approximate surface area is 265 Å². The molecule has 0 unspecified atom stereocenters. The number of rotatable bonds is 8. The number of hydrogen-bond donors (Lipinski definition) is 0. The number of aryl methyl sites for hydroxylation is 1. The van der Waals surface area contributed by atoms with E-state index in [1.807, 2.05) is 60.2 Å². The number of benzene rings is 3. The van der Waals surface area contributed by atoms with Crippen LogP contribution in [0.3, 0.4) is 0 Å². The van der Waals surface area contributed by atoms with Gasteiger partial charge in [-0.3, -0.25) is 0 Å². The van der Waals surface area contributed by atoms with Crippen LogP contribution in [0.4, 0.5) is 11.5 Å². The molecule has 0 saturated carbocycles. The van der Waals surface area contributed by atoms with E-state index in [9.17, 15) is 0 Å². The molecule has 0 spiro atoms. The zero-order valence-electron chi connectivity index (χ0n) is 24.3. The lowest BCUT2D eigenvalue weighted by atomic mass is 10.1. The maximum atomic E-state index is 6.59. The number of halogens is 2. The first-order chi connectivity index (χ1) is 21.5. The third kappa shape index (κ3) is 5.93. The minimum Gasteiger partial charge on any atom is -0.491 e. The van der Waals surface area contributed by atoms with Crippen LogP contribution < -0.4 is 14.5 Å². The zero-order valence-corrected chi connectivity index (χ0v) is 25.8. The van der Waals surface area contributed by atoms with Gasteiger partial charge in [0.15, 0.2) is 5.82 Å². The summed E-state index contributed by atoms with van der Waals surface area (Å²) in [5, 5.41) is 1.03. The molecule has 0 radical (unpaired) electrons. The molecule has 2 aliphatic heterocycles. The number of hydrogen-bond acceptors (Lipinski definition) is 8. The van der Waals surface area contributed by atoms with Gasteiger partial charge < -0.3 is 28.6 Å². The van der Waals surface area contributed by atoms with E-state index in [0.717, 1.165) is 60.2 Å². The summed E-state index contributed by atoms with van der Waals surface area (Å²) < 4.78 is 20.8. The summed E-state index contributed by atoms with van der Waals surface area (Å²) in [6.45, 7) is 6.67. The number of nitrogens with zero attached hydrogens (tertiary/aromatic N) is 6. The molecule has 11 heteroatoms. The van der Waals surface area contributed by atoms with Gasteiger partial charge in [-0.1, -0.05) is 41.4 Å². The molecule has 2 aromatic heterocycles. The Bertz CT molecular complexity index is 1750. The Morgan fingerprint density at radius 1 is 0.932 bits per heavy atom. The predicted octanol–water partition coefficient (Wildman–Crippen LogP) is 6.12. The summed E-state index contributed by atoms with van der Waals surface area (Å²) in [5.41, 5.74) is 4.70. The van der Waals surface area contributed by atoms with Crippen molar-refractivity contribution in [3.8, 4) is 5.75 Å². The first kappa shape index (κ1) is 28.9. The van der Waals surface area contributed by atoms with Crippen molar-refractivity contribution in [2.45, 2.75) is 25.4 Å². The highest BCUT2D eigenvalue weighted by molar-refractivity contribution is 6.35. The Morgan fingerprint density at radius 2 is 1.68 bits per heavy atom. The molecule has 2 atom stereocenters. The number of para-hydroxylation sites is 2. The molecule has 2 aliphatic rings. The summed E-state index contributed by atoms with van der Waals surface area (Å²) in [7, 11) is 0. The quantitative estimate of drug-likeness (QED) is 0.203. The number of imidazole rings is 1. The van der Waals surface area contributed by atoms with Gasteiger partial charge >= 0.3 is 0 Å². The van der Waals surface area contributed by atoms with E-state index in [1.54, 1.807) is 24.7 Å². The molecule has 44 heavy (non-hydrogen) atoms. The Morgan fingerprint density at radius 3 is 2.41 bits per heavy atom. The largest absolute Gasteiger partial charge is 0.491 e. The highest BCUT2D eigenvalue weighted by Crippen LogP contribution is 2.40. The smallest absolute Gasteiger partial charge is 0.215 e. The van der Waals surface area contributed by atoms with Crippen LogP contribution in [0.1, 0.15) is 11.3 Å². The maximum absolute atomic E-state index is 6.59. The Hall–Kier alpha value is -3.89. The number of anilines is 2. The van der Waals surface area contributed by atoms with E-state index >= 15 is 0 Å². The van der Waals surface area contributed by atoms with Crippen LogP contribution in [0.25, 0.3) is 11.0 Å². The van der Waals surface area contributed by atoms with Crippen LogP contribution >= 0.6 is 23.2 Å². The lowest BCUT2D eigenvalue weighted by Crippen LogP contribution is -2.47. The van der Waals surface area contributed by atoms with Crippen molar-refractivity contribution in [2.75, 3.05) is 49.2 Å². The van der Waals surface area contributed by atoms with Crippen molar-refractivity contribution < 1.29 is 14.2 Å². The first-order valence-electron chi connectivity index (χ1n) is 14.6. The van der Waals surface area contributed by atoms with E-state index in [4.69, 9.17) is 47.4 Å². The molecule has 9 nitrogen and oxygen atoms in total. The highest BCUT2D eigenvalue weighted by Gasteiger charge is 2.45. The fourth-order valence-electron chi connectivity index (χ4n) is 5.87. The third-order valence-electron chi connectivity index (χ3n) is 8.09. The van der Waals surface area contributed by atoms with Crippen LogP contribution in [0.5, 0.6) is 5.75 Å². The fourth-order valence-corrected chi connectivity index (χ4v) is 6.43. The van der Waals surface area contributed by atoms with E-state index in [-0.39, 0.29) is 6.10 Å². The molecule has 7 rings (SSSR count). The van der Waals surface area contributed by atoms with Crippen LogP contribution in [0, 0.1) is 6.92 Å². The topological polar surface area (TPSA) is 77.8 Å². The Balaban J connectivity index is 0.963. The van der Waals surface area contributed by atoms with Crippen LogP contribution in [0.2, 0.25) is 10.0 Å². The standard InChI is InChI=1S/C33H32Cl2N6O3/c1-23-32(38-31-5-3-2-4-30(31)37-23)41-16-14-40(15-17-41)25-7-9-26(10-8-25)42-19-27-20-43-33(44-27,21-39-13-12-36-22-39)28-11-6-24(34)18-29(28)35/h2-13,18,22,27H,14-17,19-21H2,1H3/t27-,33-/m1/s1. The average Bonchev–Trinajstić information content (AvgIpc) is 3.71. The summed E-state index contributed by atoms with van der Waals surface area (Å²) in [5.74, 6) is 0.659. The van der Waals surface area contributed by atoms with Crippen LogP contribution in [-0.2, 0) is 21.8 Å². The number of piperazine rings is 1. The summed E-state index contributed by atoms with van der Waals surface area (Å²) in [6.07, 6.45) is 5.01. The van der Waals surface area contributed by atoms with Gasteiger partial charge in [0.1, 0.15) is 18.5 Å². The van der Waals surface area contributed by atoms with Crippen LogP contribution in [0.15, 0.2) is 85.5 Å². The summed E-state index contributed by atoms with van der Waals surface area (Å²) >= 11 is 12.8. The molecule has 3 aromatic carbocycles. The van der Waals surface area contributed by atoms with E-state index in [1.165, 1.54) is 0 Å². The second-order valence-electron chi connectivity index (χ2n) is 11.1. The fraction of sp³-hybridized carbons (Fsp3) is 0.303. The summed E-state index contributed by atoms with van der Waals surface area (Å²) in [6, 6.07) is 21.6. The van der Waals surface area contributed by atoms with Crippen molar-refractivity contribution >= 4 is 45.7 Å². The van der Waals surface area contributed by atoms with Crippen molar-refractivity contribution in [1.82, 2.24) is 19.5 Å². The zero-order chi connectivity index (χ0) is 30.1. The second kappa shape index (κ2) is 12.2. The molecule has 226 valence electrons. The van der Waals surface area contributed by atoms with Gasteiger partial charge in [0.05, 0.1) is 41.2 Å². The molecule has 0 aliphatic carbocycles. The lowest BCUT2D eigenvalue weighted by molar-refractivity contribution is -0.189. The first-order valence-corrected chi connectivity index (χ1v) is 15.4. The van der Waals surface area contributed by atoms with Gasteiger partial charge in [-0.05, 0) is 55.5 Å². The van der Waals surface area contributed by atoms with Crippen molar-refractivity contribution in [2.24, 2.45) is 0 Å². The molecular formula is C33H32Cl2N6O3. The molecular weight excluding hydrogens is 599 g/mol. The second-order valence-corrected chi connectivity index (χ2v) is 11.9. The number of ether oxygens (including phenoxy) is 3. The minimum absolute atomic E-state index is 0.292. The minimum atomic E-state index is -1.08. The number of aromatic nitrogens is 4. The van der Waals surface area contributed by atoms with Gasteiger partial charge in [-0.15, -0.1) is 0 Å². The monoisotopic (exact) mass is 630 g/mol. The number of fused-ring (bicyclic) bond motifs is 1. The van der Waals surface area contributed by atoms with Crippen molar-refractivity contribution in [3.05, 3.63) is 107 Å². The molecule has 5 aromatic rings. The molecule has 0 amide bonds. The maximum Gasteiger partial charge on any atom is 0.215 e. The molecule has 2 fully saturated rings. The van der Waals surface area contributed by atoms with E-state index in [0.29, 0.717) is 35.4 Å². The highest BCUT2D eigenvalue weighted by atomic mass is 35.5. The van der Waals surface area contributed by atoms with Gasteiger partial charge in [-0.25, -0.2) is 15.0 Å². The van der Waals surface area contributed by atoms with Crippen LogP contribution in [-0.4, -0.2) is 65.0 Å². The van der Waals surface area contributed by atoms with Gasteiger partial charge in [-0.2, -0.15) is 0 Å². The van der Waals surface area contributed by atoms with Crippen molar-refractivity contribution in [1.29, 1.82) is 0 Å². The van der Waals surface area contributed by atoms with Gasteiger partial charge in [0, 0.05) is 54.8 Å². The molecule has 0 N–H and O–H groups in total. The normalized spacial score (nSPS) is 20.4. The third-order valence-corrected chi connectivity index (χ3v) is 8.64. The molecule has 4 heterocycles. The molecule has 0 bridgehead atoms. The Kier molecular flexibility index (Phi) is 8.03. The van der Waals surface area contributed by atoms with Gasteiger partial charge in [0.2, 0.25) is 5.79 Å². The average molecular weight is 632 g/mol.